The highest BCUT2D eigenvalue weighted by Gasteiger charge is 2.19. The Kier molecular flexibility index (Phi) is 7.42. The van der Waals surface area contributed by atoms with Crippen molar-refractivity contribution < 1.29 is 18.5 Å². The van der Waals surface area contributed by atoms with Crippen molar-refractivity contribution in [1.82, 2.24) is 0 Å². The molecule has 0 saturated heterocycles. The summed E-state index contributed by atoms with van der Waals surface area (Å²) in [6.07, 6.45) is 0. The molecule has 0 aliphatic rings. The number of halogens is 1. The number of nitrogens with zero attached hydrogens (tertiary/aromatic N) is 1. The van der Waals surface area contributed by atoms with Crippen molar-refractivity contribution in [1.29, 1.82) is 0 Å². The Morgan fingerprint density at radius 1 is 1.17 bits per heavy atom. The second kappa shape index (κ2) is 9.23. The number of hydrogen-bond acceptors (Lipinski definition) is 4. The quantitative estimate of drug-likeness (QED) is 0.441. The largest absolute Gasteiger partial charge is 0.385 e. The zero-order valence-electron chi connectivity index (χ0n) is 17.4. The van der Waals surface area contributed by atoms with Gasteiger partial charge in [0.1, 0.15) is 21.6 Å². The average Bonchev–Trinajstić information content (AvgIpc) is 3.04. The molecule has 0 bridgehead atoms. The van der Waals surface area contributed by atoms with E-state index in [9.17, 15) is 18.5 Å². The van der Waals surface area contributed by atoms with Gasteiger partial charge in [0, 0.05) is 10.6 Å². The first kappa shape index (κ1) is 23.3. The maximum Gasteiger partial charge on any atom is 0.354 e. The van der Waals surface area contributed by atoms with E-state index in [1.54, 1.807) is 26.0 Å². The topological polar surface area (TPSA) is 90.8 Å². The number of anilines is 2. The fourth-order valence-electron chi connectivity index (χ4n) is 2.77. The third-order valence-electron chi connectivity index (χ3n) is 4.24. The summed E-state index contributed by atoms with van der Waals surface area (Å²) < 4.78 is 32.6. The van der Waals surface area contributed by atoms with Crippen LogP contribution >= 0.6 is 11.3 Å². The van der Waals surface area contributed by atoms with Crippen molar-refractivity contribution in [2.45, 2.75) is 59.0 Å². The predicted molar refractivity (Wildman–Crippen MR) is 119 cm³/mol. The highest BCUT2D eigenvalue weighted by molar-refractivity contribution is 7.77. The van der Waals surface area contributed by atoms with Crippen LogP contribution in [0.3, 0.4) is 0 Å². The summed E-state index contributed by atoms with van der Waals surface area (Å²) >= 11 is 1.24. The molecule has 1 atom stereocenters. The molecule has 2 rings (SSSR count). The third-order valence-corrected chi connectivity index (χ3v) is 6.50. The summed E-state index contributed by atoms with van der Waals surface area (Å²) in [4.78, 5) is 13.1. The van der Waals surface area contributed by atoms with Gasteiger partial charge in [-0.25, -0.2) is 13.4 Å². The van der Waals surface area contributed by atoms with Gasteiger partial charge in [0.15, 0.2) is 0 Å². The van der Waals surface area contributed by atoms with E-state index in [1.807, 2.05) is 27.7 Å². The summed E-state index contributed by atoms with van der Waals surface area (Å²) in [6.45, 7) is 10.9. The van der Waals surface area contributed by atoms with Crippen LogP contribution in [0.5, 0.6) is 0 Å². The van der Waals surface area contributed by atoms with Gasteiger partial charge in [-0.05, 0) is 61.1 Å². The molecule has 1 aromatic carbocycles. The van der Waals surface area contributed by atoms with E-state index in [0.29, 0.717) is 26.7 Å². The zero-order chi connectivity index (χ0) is 21.9. The van der Waals surface area contributed by atoms with Crippen molar-refractivity contribution in [2.75, 3.05) is 10.0 Å². The molecule has 0 fully saturated rings. The average molecular weight is 442 g/mol. The summed E-state index contributed by atoms with van der Waals surface area (Å²) in [6, 6.07) is 5.42. The molecule has 0 radical (unpaired) electrons. The standard InChI is InChI=1S/C20H28FN3O3S2/c1-11(2)14-9-13(21)10-15(12(3)4)18(14)22-19(25)24-29(27)23-17-8-7-16(28-17)20(5,6)26/h7-12,26,29H,1-6H3,(H2,22,23,24,25,27). The molecule has 0 aliphatic carbocycles. The Bertz CT molecular complexity index is 943. The van der Waals surface area contributed by atoms with Crippen LogP contribution in [-0.4, -0.2) is 15.3 Å². The van der Waals surface area contributed by atoms with Crippen LogP contribution in [0.25, 0.3) is 0 Å². The van der Waals surface area contributed by atoms with Crippen molar-refractivity contribution in [2.24, 2.45) is 4.36 Å². The van der Waals surface area contributed by atoms with Crippen LogP contribution in [0.2, 0.25) is 0 Å². The molecule has 0 aliphatic heterocycles. The number of thiophene rings is 1. The fourth-order valence-corrected chi connectivity index (χ4v) is 4.47. The van der Waals surface area contributed by atoms with E-state index in [-0.39, 0.29) is 17.7 Å². The molecular formula is C20H28FN3O3S2. The maximum atomic E-state index is 14.0. The highest BCUT2D eigenvalue weighted by atomic mass is 32.2. The number of carbonyl (C=O) groups is 1. The lowest BCUT2D eigenvalue weighted by molar-refractivity contribution is 0.0825. The summed E-state index contributed by atoms with van der Waals surface area (Å²) in [5.41, 5.74) is 0.824. The van der Waals surface area contributed by atoms with E-state index < -0.39 is 22.4 Å². The second-order valence-corrected chi connectivity index (χ2v) is 9.96. The number of carbonyl (C=O) groups excluding carboxylic acids is 1. The van der Waals surface area contributed by atoms with Gasteiger partial charge in [-0.15, -0.1) is 15.7 Å². The Hall–Kier alpha value is -1.97. The minimum Gasteiger partial charge on any atom is -0.385 e. The molecule has 160 valence electrons. The van der Waals surface area contributed by atoms with Crippen LogP contribution in [0.4, 0.5) is 19.9 Å². The van der Waals surface area contributed by atoms with Crippen molar-refractivity contribution in [3.8, 4) is 0 Å². The number of rotatable bonds is 6. The number of aliphatic hydroxyl groups is 1. The van der Waals surface area contributed by atoms with Gasteiger partial charge in [0.05, 0.1) is 5.60 Å². The molecule has 3 N–H and O–H groups in total. The van der Waals surface area contributed by atoms with Crippen LogP contribution in [-0.2, 0) is 16.4 Å². The van der Waals surface area contributed by atoms with E-state index in [4.69, 9.17) is 0 Å². The second-order valence-electron chi connectivity index (χ2n) is 7.91. The van der Waals surface area contributed by atoms with Gasteiger partial charge in [0.25, 0.3) is 0 Å². The zero-order valence-corrected chi connectivity index (χ0v) is 19.1. The molecule has 1 aromatic heterocycles. The van der Waals surface area contributed by atoms with E-state index >= 15 is 0 Å². The first-order chi connectivity index (χ1) is 13.4. The SMILES string of the molecule is CC(C)c1cc(F)cc(C(C)C)c1NC(=O)/N=[SH](=O)\Nc1ccc(C(C)(C)O)s1. The van der Waals surface area contributed by atoms with E-state index in [1.165, 1.54) is 23.5 Å². The van der Waals surface area contributed by atoms with E-state index in [2.05, 4.69) is 14.4 Å². The number of hydrogen-bond donors (Lipinski definition) is 4. The Morgan fingerprint density at radius 2 is 1.72 bits per heavy atom. The van der Waals surface area contributed by atoms with Gasteiger partial charge in [-0.1, -0.05) is 27.7 Å². The maximum absolute atomic E-state index is 14.0. The number of urea groups is 1. The molecule has 6 nitrogen and oxygen atoms in total. The van der Waals surface area contributed by atoms with Gasteiger partial charge < -0.3 is 10.4 Å². The van der Waals surface area contributed by atoms with Crippen LogP contribution in [0.15, 0.2) is 28.6 Å². The van der Waals surface area contributed by atoms with E-state index in [0.717, 1.165) is 0 Å². The number of nitrogens with one attached hydrogen (secondary N) is 2. The minimum absolute atomic E-state index is 0.0169. The summed E-state index contributed by atoms with van der Waals surface area (Å²) in [5, 5.41) is 13.2. The first-order valence-electron chi connectivity index (χ1n) is 9.31. The molecule has 9 heteroatoms. The Balaban J connectivity index is 2.24. The number of thiol groups is 1. The molecule has 0 spiro atoms. The third kappa shape index (κ3) is 6.25. The van der Waals surface area contributed by atoms with Crippen molar-refractivity contribution in [3.05, 3.63) is 46.1 Å². The van der Waals surface area contributed by atoms with Gasteiger partial charge in [-0.3, -0.25) is 4.72 Å². The Morgan fingerprint density at radius 3 is 2.17 bits per heavy atom. The highest BCUT2D eigenvalue weighted by Crippen LogP contribution is 2.34. The smallest absolute Gasteiger partial charge is 0.354 e. The van der Waals surface area contributed by atoms with Gasteiger partial charge >= 0.3 is 6.03 Å². The van der Waals surface area contributed by atoms with Gasteiger partial charge in [-0.2, -0.15) is 0 Å². The molecule has 1 unspecified atom stereocenters. The first-order valence-corrected chi connectivity index (χ1v) is 11.3. The predicted octanol–water partition coefficient (Wildman–Crippen LogP) is 5.59. The fraction of sp³-hybridized carbons (Fsp3) is 0.450. The molecular weight excluding hydrogens is 413 g/mol. The lowest BCUT2D eigenvalue weighted by Gasteiger charge is -2.19. The van der Waals surface area contributed by atoms with Crippen LogP contribution in [0.1, 0.15) is 69.4 Å². The normalized spacial score (nSPS) is 13.2. The minimum atomic E-state index is -2.40. The lowest BCUT2D eigenvalue weighted by atomic mass is 9.92. The number of amides is 2. The Labute approximate surface area is 176 Å². The molecule has 2 aromatic rings. The van der Waals surface area contributed by atoms with Crippen LogP contribution < -0.4 is 10.0 Å². The van der Waals surface area contributed by atoms with Gasteiger partial charge in [0.2, 0.25) is 0 Å². The van der Waals surface area contributed by atoms with Crippen molar-refractivity contribution in [3.63, 3.8) is 0 Å². The monoisotopic (exact) mass is 441 g/mol. The summed E-state index contributed by atoms with van der Waals surface area (Å²) in [5.74, 6) is -0.395. The molecule has 2 amide bonds. The van der Waals surface area contributed by atoms with Crippen LogP contribution in [0, 0.1) is 5.82 Å². The van der Waals surface area contributed by atoms with Crippen molar-refractivity contribution >= 4 is 38.8 Å². The molecule has 1 heterocycles. The summed E-state index contributed by atoms with van der Waals surface area (Å²) in [7, 11) is -2.40. The number of benzene rings is 1. The molecule has 29 heavy (non-hydrogen) atoms. The lowest BCUT2D eigenvalue weighted by Crippen LogP contribution is -2.14. The molecule has 0 saturated carbocycles.